The third-order valence-corrected chi connectivity index (χ3v) is 5.46. The van der Waals surface area contributed by atoms with Crippen LogP contribution in [-0.4, -0.2) is 50.1 Å². The molecule has 0 radical (unpaired) electrons. The highest BCUT2D eigenvalue weighted by atomic mass is 35.5. The summed E-state index contributed by atoms with van der Waals surface area (Å²) in [6.45, 7) is 3.93. The molecule has 4 nitrogen and oxygen atoms in total. The molecule has 2 N–H and O–H groups in total. The fraction of sp³-hybridized carbons (Fsp3) is 0.941. The first kappa shape index (κ1) is 18.0. The molecule has 128 valence electrons. The number of nitrogens with zero attached hydrogens (tertiary/aromatic N) is 1. The largest absolute Gasteiger partial charge is 0.352 e. The number of rotatable bonds is 8. The smallest absolute Gasteiger partial charge is 0.234 e. The quantitative estimate of drug-likeness (QED) is 0.716. The fourth-order valence-electron chi connectivity index (χ4n) is 3.75. The summed E-state index contributed by atoms with van der Waals surface area (Å²) < 4.78 is 0. The van der Waals surface area contributed by atoms with E-state index in [1.54, 1.807) is 0 Å². The average Bonchev–Trinajstić information content (AvgIpc) is 3.38. The van der Waals surface area contributed by atoms with Crippen molar-refractivity contribution in [2.45, 2.75) is 51.0 Å². The van der Waals surface area contributed by atoms with Gasteiger partial charge in [-0.1, -0.05) is 0 Å². The Morgan fingerprint density at radius 1 is 1.09 bits per heavy atom. The van der Waals surface area contributed by atoms with Crippen molar-refractivity contribution in [3.05, 3.63) is 0 Å². The van der Waals surface area contributed by atoms with Gasteiger partial charge in [-0.15, -0.1) is 12.4 Å². The molecule has 1 amide bonds. The number of amides is 1. The number of likely N-dealkylation sites (tertiary alicyclic amines) is 1. The zero-order valence-electron chi connectivity index (χ0n) is 13.9. The highest BCUT2D eigenvalue weighted by Gasteiger charge is 2.42. The molecular weight excluding hydrogens is 298 g/mol. The van der Waals surface area contributed by atoms with Gasteiger partial charge in [0.05, 0.1) is 6.54 Å². The second-order valence-corrected chi connectivity index (χ2v) is 7.38. The summed E-state index contributed by atoms with van der Waals surface area (Å²) in [5.41, 5.74) is 0. The van der Waals surface area contributed by atoms with E-state index < -0.39 is 0 Å². The predicted octanol–water partition coefficient (Wildman–Crippen LogP) is 2.03. The number of piperidine rings is 1. The molecule has 1 aliphatic heterocycles. The normalized spacial score (nSPS) is 23.4. The summed E-state index contributed by atoms with van der Waals surface area (Å²) in [7, 11) is 2.02. The van der Waals surface area contributed by atoms with Crippen LogP contribution >= 0.6 is 12.4 Å². The van der Waals surface area contributed by atoms with Crippen LogP contribution in [0.15, 0.2) is 0 Å². The molecule has 2 saturated carbocycles. The monoisotopic (exact) mass is 329 g/mol. The third kappa shape index (κ3) is 5.39. The molecule has 2 aliphatic carbocycles. The number of carbonyl (C=O) groups excluding carboxylic acids is 1. The molecule has 3 rings (SSSR count). The van der Waals surface area contributed by atoms with E-state index in [1.807, 2.05) is 7.05 Å². The summed E-state index contributed by atoms with van der Waals surface area (Å²) in [5.74, 6) is 2.72. The Balaban J connectivity index is 0.00000176. The van der Waals surface area contributed by atoms with E-state index in [4.69, 9.17) is 0 Å². The Morgan fingerprint density at radius 3 is 2.18 bits per heavy atom. The maximum absolute atomic E-state index is 12.3. The number of carbonyl (C=O) groups is 1. The minimum Gasteiger partial charge on any atom is -0.352 e. The third-order valence-electron chi connectivity index (χ3n) is 5.46. The Labute approximate surface area is 141 Å². The molecule has 0 aromatic carbocycles. The number of hydrogen-bond donors (Lipinski definition) is 2. The van der Waals surface area contributed by atoms with Crippen LogP contribution in [0.2, 0.25) is 0 Å². The average molecular weight is 330 g/mol. The van der Waals surface area contributed by atoms with Gasteiger partial charge in [0.2, 0.25) is 5.91 Å². The Hall–Kier alpha value is -0.320. The Kier molecular flexibility index (Phi) is 6.97. The standard InChI is InChI=1S/C17H31N3O.ClH/c1-18-9-6-13-7-10-20(11-8-13)12-16(21)19-17(14-2-3-14)15-4-5-15;/h13-15,17-18H,2-12H2,1H3,(H,19,21);1H. The van der Waals surface area contributed by atoms with E-state index in [1.165, 1.54) is 44.9 Å². The molecule has 3 fully saturated rings. The molecule has 1 saturated heterocycles. The van der Waals surface area contributed by atoms with Crippen molar-refractivity contribution in [1.29, 1.82) is 0 Å². The van der Waals surface area contributed by atoms with Crippen molar-refractivity contribution >= 4 is 18.3 Å². The van der Waals surface area contributed by atoms with Gasteiger partial charge in [-0.05, 0) is 89.4 Å². The van der Waals surface area contributed by atoms with Gasteiger partial charge in [-0.25, -0.2) is 0 Å². The first-order valence-electron chi connectivity index (χ1n) is 8.92. The van der Waals surface area contributed by atoms with E-state index in [9.17, 15) is 4.79 Å². The first-order chi connectivity index (χ1) is 10.3. The van der Waals surface area contributed by atoms with E-state index in [-0.39, 0.29) is 18.3 Å². The molecule has 3 aliphatic rings. The van der Waals surface area contributed by atoms with Gasteiger partial charge in [0.25, 0.3) is 0 Å². The molecule has 0 bridgehead atoms. The minimum absolute atomic E-state index is 0. The lowest BCUT2D eigenvalue weighted by Crippen LogP contribution is -2.46. The molecular formula is C17H32ClN3O. The zero-order valence-corrected chi connectivity index (χ0v) is 14.7. The summed E-state index contributed by atoms with van der Waals surface area (Å²) in [6, 6.07) is 0.505. The van der Waals surface area contributed by atoms with Gasteiger partial charge >= 0.3 is 0 Å². The number of nitrogens with one attached hydrogen (secondary N) is 2. The Bertz CT molecular complexity index is 338. The lowest BCUT2D eigenvalue weighted by Gasteiger charge is -2.32. The van der Waals surface area contributed by atoms with Crippen LogP contribution in [0.4, 0.5) is 0 Å². The molecule has 0 unspecified atom stereocenters. The SMILES string of the molecule is CNCCC1CCN(CC(=O)NC(C2CC2)C2CC2)CC1.Cl. The molecule has 5 heteroatoms. The molecule has 0 aromatic rings. The molecule has 1 heterocycles. The van der Waals surface area contributed by atoms with Gasteiger partial charge in [-0.3, -0.25) is 9.69 Å². The second-order valence-electron chi connectivity index (χ2n) is 7.38. The number of halogens is 1. The second kappa shape index (κ2) is 8.51. The first-order valence-corrected chi connectivity index (χ1v) is 8.92. The van der Waals surface area contributed by atoms with Crippen molar-refractivity contribution < 1.29 is 4.79 Å². The topological polar surface area (TPSA) is 44.4 Å². The minimum atomic E-state index is 0. The van der Waals surface area contributed by atoms with Crippen LogP contribution in [0.25, 0.3) is 0 Å². The lowest BCUT2D eigenvalue weighted by atomic mass is 9.93. The van der Waals surface area contributed by atoms with Gasteiger partial charge in [0.1, 0.15) is 0 Å². The summed E-state index contributed by atoms with van der Waals surface area (Å²) in [6.07, 6.45) is 9.11. The summed E-state index contributed by atoms with van der Waals surface area (Å²) in [4.78, 5) is 14.6. The maximum atomic E-state index is 12.3. The summed E-state index contributed by atoms with van der Waals surface area (Å²) in [5, 5.41) is 6.58. The Morgan fingerprint density at radius 2 is 1.68 bits per heavy atom. The van der Waals surface area contributed by atoms with Gasteiger partial charge < -0.3 is 10.6 Å². The van der Waals surface area contributed by atoms with Crippen LogP contribution in [-0.2, 0) is 4.79 Å². The lowest BCUT2D eigenvalue weighted by molar-refractivity contribution is -0.123. The van der Waals surface area contributed by atoms with E-state index >= 15 is 0 Å². The highest BCUT2D eigenvalue weighted by molar-refractivity contribution is 5.85. The van der Waals surface area contributed by atoms with Crippen molar-refractivity contribution in [3.8, 4) is 0 Å². The summed E-state index contributed by atoms with van der Waals surface area (Å²) >= 11 is 0. The fourth-order valence-corrected chi connectivity index (χ4v) is 3.75. The van der Waals surface area contributed by atoms with Gasteiger partial charge in [0, 0.05) is 6.04 Å². The predicted molar refractivity (Wildman–Crippen MR) is 92.3 cm³/mol. The van der Waals surface area contributed by atoms with E-state index in [0.717, 1.165) is 37.4 Å². The molecule has 0 atom stereocenters. The van der Waals surface area contributed by atoms with Crippen LogP contribution in [0.1, 0.15) is 44.9 Å². The van der Waals surface area contributed by atoms with Crippen molar-refractivity contribution in [2.75, 3.05) is 33.2 Å². The zero-order chi connectivity index (χ0) is 14.7. The van der Waals surface area contributed by atoms with Crippen molar-refractivity contribution in [1.82, 2.24) is 15.5 Å². The maximum Gasteiger partial charge on any atom is 0.234 e. The molecule has 0 spiro atoms. The van der Waals surface area contributed by atoms with E-state index in [2.05, 4.69) is 15.5 Å². The highest BCUT2D eigenvalue weighted by Crippen LogP contribution is 2.44. The molecule has 0 aromatic heterocycles. The van der Waals surface area contributed by atoms with Gasteiger partial charge in [-0.2, -0.15) is 0 Å². The number of hydrogen-bond acceptors (Lipinski definition) is 3. The van der Waals surface area contributed by atoms with Crippen LogP contribution in [0.3, 0.4) is 0 Å². The van der Waals surface area contributed by atoms with Crippen LogP contribution < -0.4 is 10.6 Å². The van der Waals surface area contributed by atoms with Gasteiger partial charge in [0.15, 0.2) is 0 Å². The van der Waals surface area contributed by atoms with Crippen LogP contribution in [0, 0.1) is 17.8 Å². The van der Waals surface area contributed by atoms with Crippen molar-refractivity contribution in [2.24, 2.45) is 17.8 Å². The molecule has 22 heavy (non-hydrogen) atoms. The van der Waals surface area contributed by atoms with Crippen molar-refractivity contribution in [3.63, 3.8) is 0 Å². The van der Waals surface area contributed by atoms with Crippen LogP contribution in [0.5, 0.6) is 0 Å². The van der Waals surface area contributed by atoms with E-state index in [0.29, 0.717) is 12.6 Å².